The quantitative estimate of drug-likeness (QED) is 0.713. The van der Waals surface area contributed by atoms with Crippen LogP contribution in [0.2, 0.25) is 0 Å². The molecular weight excluding hydrogens is 316 g/mol. The summed E-state index contributed by atoms with van der Waals surface area (Å²) in [7, 11) is 0. The summed E-state index contributed by atoms with van der Waals surface area (Å²) in [5, 5.41) is 19.2. The van der Waals surface area contributed by atoms with E-state index < -0.39 is 12.1 Å². The molecule has 2 aromatic carbocycles. The maximum absolute atomic E-state index is 11.8. The highest BCUT2D eigenvalue weighted by Crippen LogP contribution is 2.33. The Bertz CT molecular complexity index is 667. The molecule has 0 heterocycles. The van der Waals surface area contributed by atoms with Crippen molar-refractivity contribution in [2.75, 3.05) is 0 Å². The average molecular weight is 342 g/mol. The topological polar surface area (TPSA) is 66.8 Å². The van der Waals surface area contributed by atoms with Gasteiger partial charge in [-0.05, 0) is 41.7 Å². The molecule has 0 amide bonds. The second-order valence-corrected chi connectivity index (χ2v) is 6.15. The fourth-order valence-electron chi connectivity index (χ4n) is 2.99. The molecule has 0 saturated heterocycles. The molecule has 4 nitrogen and oxygen atoms in total. The van der Waals surface area contributed by atoms with Crippen LogP contribution in [0.25, 0.3) is 0 Å². The molecule has 0 saturated carbocycles. The van der Waals surface area contributed by atoms with Gasteiger partial charge in [-0.25, -0.2) is 4.79 Å². The number of carboxylic acid groups (broad SMARTS) is 1. The van der Waals surface area contributed by atoms with Crippen LogP contribution in [-0.2, 0) is 24.2 Å². The van der Waals surface area contributed by atoms with Crippen molar-refractivity contribution in [1.29, 1.82) is 0 Å². The Morgan fingerprint density at radius 3 is 2.04 bits per heavy atom. The number of rotatable bonds is 9. The Balaban J connectivity index is 2.48. The van der Waals surface area contributed by atoms with Crippen molar-refractivity contribution in [1.82, 2.24) is 0 Å². The summed E-state index contributed by atoms with van der Waals surface area (Å²) in [5.41, 5.74) is 3.37. The standard InChI is InChI=1S/C21H26O4/c1-3-8-17-12-15(14-22)13-18(9-4-2)19(17)25-20(21(23)24)16-10-6-5-7-11-16/h5-7,10-13,20,22H,3-4,8-9,14H2,1-2H3,(H,23,24). The normalized spacial score (nSPS) is 12.0. The Morgan fingerprint density at radius 2 is 1.60 bits per heavy atom. The molecule has 2 aromatic rings. The van der Waals surface area contributed by atoms with E-state index in [1.165, 1.54) is 0 Å². The summed E-state index contributed by atoms with van der Waals surface area (Å²) >= 11 is 0. The molecule has 1 atom stereocenters. The highest BCUT2D eigenvalue weighted by molar-refractivity contribution is 5.75. The van der Waals surface area contributed by atoms with Crippen molar-refractivity contribution in [3.8, 4) is 5.75 Å². The number of hydrogen-bond donors (Lipinski definition) is 2. The van der Waals surface area contributed by atoms with Crippen molar-refractivity contribution >= 4 is 5.97 Å². The Hall–Kier alpha value is -2.33. The molecule has 0 aliphatic carbocycles. The maximum Gasteiger partial charge on any atom is 0.349 e. The molecular formula is C21H26O4. The Morgan fingerprint density at radius 1 is 1.04 bits per heavy atom. The summed E-state index contributed by atoms with van der Waals surface area (Å²) in [4.78, 5) is 11.8. The predicted octanol–water partition coefficient (Wildman–Crippen LogP) is 4.29. The minimum atomic E-state index is -1.05. The van der Waals surface area contributed by atoms with Gasteiger partial charge in [0.1, 0.15) is 5.75 Å². The van der Waals surface area contributed by atoms with Gasteiger partial charge < -0.3 is 14.9 Å². The van der Waals surface area contributed by atoms with Crippen LogP contribution in [0.1, 0.15) is 55.0 Å². The van der Waals surface area contributed by atoms with E-state index in [2.05, 4.69) is 13.8 Å². The molecule has 0 spiro atoms. The van der Waals surface area contributed by atoms with E-state index in [0.717, 1.165) is 42.4 Å². The van der Waals surface area contributed by atoms with Crippen molar-refractivity contribution in [2.45, 2.75) is 52.2 Å². The van der Waals surface area contributed by atoms with Crippen LogP contribution in [-0.4, -0.2) is 16.2 Å². The van der Waals surface area contributed by atoms with Crippen molar-refractivity contribution < 1.29 is 19.7 Å². The monoisotopic (exact) mass is 342 g/mol. The van der Waals surface area contributed by atoms with E-state index >= 15 is 0 Å². The largest absolute Gasteiger partial charge is 0.478 e. The van der Waals surface area contributed by atoms with Crippen LogP contribution in [0.15, 0.2) is 42.5 Å². The van der Waals surface area contributed by atoms with Crippen LogP contribution in [0.5, 0.6) is 5.75 Å². The van der Waals surface area contributed by atoms with Gasteiger partial charge in [-0.2, -0.15) is 0 Å². The first-order valence-corrected chi connectivity index (χ1v) is 8.80. The minimum absolute atomic E-state index is 0.0330. The van der Waals surface area contributed by atoms with Gasteiger partial charge in [0.2, 0.25) is 6.10 Å². The van der Waals surface area contributed by atoms with Crippen molar-refractivity contribution in [2.24, 2.45) is 0 Å². The van der Waals surface area contributed by atoms with Crippen LogP contribution in [0, 0.1) is 0 Å². The first kappa shape index (κ1) is 19.0. The van der Waals surface area contributed by atoms with Crippen LogP contribution >= 0.6 is 0 Å². The third kappa shape index (κ3) is 4.83. The molecule has 0 aliphatic rings. The number of carbonyl (C=O) groups is 1. The van der Waals surface area contributed by atoms with Crippen molar-refractivity contribution in [3.63, 3.8) is 0 Å². The van der Waals surface area contributed by atoms with Gasteiger partial charge in [0.25, 0.3) is 0 Å². The fraction of sp³-hybridized carbons (Fsp3) is 0.381. The van der Waals surface area contributed by atoms with Crippen LogP contribution < -0.4 is 4.74 Å². The number of carboxylic acids is 1. The molecule has 4 heteroatoms. The third-order valence-corrected chi connectivity index (χ3v) is 4.09. The summed E-state index contributed by atoms with van der Waals surface area (Å²) in [6, 6.07) is 12.8. The third-order valence-electron chi connectivity index (χ3n) is 4.09. The molecule has 0 fully saturated rings. The summed E-state index contributed by atoms with van der Waals surface area (Å²) in [6.45, 7) is 4.11. The van der Waals surface area contributed by atoms with Gasteiger partial charge in [-0.3, -0.25) is 0 Å². The number of hydrogen-bond acceptors (Lipinski definition) is 3. The SMILES string of the molecule is CCCc1cc(CO)cc(CCC)c1OC(C(=O)O)c1ccccc1. The van der Waals surface area contributed by atoms with Crippen LogP contribution in [0.4, 0.5) is 0 Å². The van der Waals surface area contributed by atoms with E-state index in [1.807, 2.05) is 30.3 Å². The van der Waals surface area contributed by atoms with E-state index in [0.29, 0.717) is 11.3 Å². The lowest BCUT2D eigenvalue weighted by Gasteiger charge is -2.22. The van der Waals surface area contributed by atoms with Gasteiger partial charge in [0.05, 0.1) is 6.61 Å². The molecule has 2 rings (SSSR count). The van der Waals surface area contributed by atoms with E-state index in [4.69, 9.17) is 4.74 Å². The maximum atomic E-state index is 11.8. The van der Waals surface area contributed by atoms with Gasteiger partial charge in [0.15, 0.2) is 0 Å². The summed E-state index contributed by atoms with van der Waals surface area (Å²) in [5.74, 6) is -0.362. The van der Waals surface area contributed by atoms with E-state index in [1.54, 1.807) is 12.1 Å². The molecule has 0 aliphatic heterocycles. The van der Waals surface area contributed by atoms with Crippen molar-refractivity contribution in [3.05, 3.63) is 64.7 Å². The van der Waals surface area contributed by atoms with Gasteiger partial charge in [0, 0.05) is 5.56 Å². The fourth-order valence-corrected chi connectivity index (χ4v) is 2.99. The predicted molar refractivity (Wildman–Crippen MR) is 97.8 cm³/mol. The lowest BCUT2D eigenvalue weighted by Crippen LogP contribution is -2.19. The number of aryl methyl sites for hydroxylation is 2. The molecule has 0 bridgehead atoms. The zero-order valence-corrected chi connectivity index (χ0v) is 14.9. The van der Waals surface area contributed by atoms with Gasteiger partial charge >= 0.3 is 5.97 Å². The summed E-state index contributed by atoms with van der Waals surface area (Å²) in [6.07, 6.45) is 2.34. The van der Waals surface area contributed by atoms with Gasteiger partial charge in [-0.15, -0.1) is 0 Å². The number of aliphatic hydroxyl groups is 1. The number of aliphatic carboxylic acids is 1. The lowest BCUT2D eigenvalue weighted by molar-refractivity contribution is -0.145. The number of ether oxygens (including phenoxy) is 1. The smallest absolute Gasteiger partial charge is 0.349 e. The Kier molecular flexibility index (Phi) is 7.02. The first-order chi connectivity index (χ1) is 12.1. The van der Waals surface area contributed by atoms with E-state index in [9.17, 15) is 15.0 Å². The average Bonchev–Trinajstić information content (AvgIpc) is 2.61. The zero-order valence-electron chi connectivity index (χ0n) is 14.9. The Labute approximate surface area is 149 Å². The zero-order chi connectivity index (χ0) is 18.2. The van der Waals surface area contributed by atoms with E-state index in [-0.39, 0.29) is 6.61 Å². The lowest BCUT2D eigenvalue weighted by atomic mass is 9.98. The molecule has 25 heavy (non-hydrogen) atoms. The molecule has 1 unspecified atom stereocenters. The second kappa shape index (κ2) is 9.23. The molecule has 0 radical (unpaired) electrons. The van der Waals surface area contributed by atoms with Gasteiger partial charge in [-0.1, -0.05) is 57.0 Å². The highest BCUT2D eigenvalue weighted by Gasteiger charge is 2.24. The first-order valence-electron chi connectivity index (χ1n) is 8.80. The van der Waals surface area contributed by atoms with Crippen LogP contribution in [0.3, 0.4) is 0 Å². The highest BCUT2D eigenvalue weighted by atomic mass is 16.5. The number of benzene rings is 2. The molecule has 2 N–H and O–H groups in total. The number of aliphatic hydroxyl groups excluding tert-OH is 1. The molecule has 0 aromatic heterocycles. The minimum Gasteiger partial charge on any atom is -0.478 e. The molecule has 134 valence electrons. The summed E-state index contributed by atoms with van der Waals surface area (Å²) < 4.78 is 6.05. The second-order valence-electron chi connectivity index (χ2n) is 6.15.